The minimum absolute atomic E-state index is 0.215. The van der Waals surface area contributed by atoms with Gasteiger partial charge in [-0.25, -0.2) is 19.1 Å². The van der Waals surface area contributed by atoms with Crippen molar-refractivity contribution in [1.29, 1.82) is 4.78 Å². The average molecular weight is 191 g/mol. The van der Waals surface area contributed by atoms with E-state index >= 15 is 0 Å². The van der Waals surface area contributed by atoms with Gasteiger partial charge in [0.1, 0.15) is 0 Å². The second kappa shape index (κ2) is 2.54. The molecule has 1 atom stereocenters. The third kappa shape index (κ3) is 1.76. The molecule has 0 saturated carbocycles. The highest BCUT2D eigenvalue weighted by atomic mass is 32.2. The monoisotopic (exact) mass is 191 g/mol. The molecule has 11 heavy (non-hydrogen) atoms. The first-order valence-electron chi connectivity index (χ1n) is 2.92. The number of aryl methyl sites for hydroxylation is 2. The van der Waals surface area contributed by atoms with Gasteiger partial charge in [0.25, 0.3) is 0 Å². The fraction of sp³-hybridized carbons (Fsp3) is 0.400. The van der Waals surface area contributed by atoms with Crippen molar-refractivity contribution in [1.82, 2.24) is 4.98 Å². The van der Waals surface area contributed by atoms with Gasteiger partial charge >= 0.3 is 0 Å². The summed E-state index contributed by atoms with van der Waals surface area (Å²) in [5, 5.41) is 5.08. The number of nitrogens with zero attached hydrogens (tertiary/aromatic N) is 1. The van der Waals surface area contributed by atoms with Crippen molar-refractivity contribution in [3.8, 4) is 0 Å². The number of aromatic nitrogens is 1. The van der Waals surface area contributed by atoms with Crippen LogP contribution in [0.5, 0.6) is 0 Å². The fourth-order valence-electron chi connectivity index (χ4n) is 0.573. The van der Waals surface area contributed by atoms with Gasteiger partial charge in [-0.2, -0.15) is 0 Å². The molecule has 3 N–H and O–H groups in total. The van der Waals surface area contributed by atoms with E-state index in [1.54, 1.807) is 6.92 Å². The van der Waals surface area contributed by atoms with Crippen LogP contribution in [-0.2, 0) is 9.92 Å². The van der Waals surface area contributed by atoms with E-state index in [4.69, 9.17) is 9.92 Å². The largest absolute Gasteiger partial charge is 0.239 e. The first-order valence-corrected chi connectivity index (χ1v) is 5.35. The highest BCUT2D eigenvalue weighted by molar-refractivity contribution is 7.92. The van der Waals surface area contributed by atoms with Crippen molar-refractivity contribution in [3.63, 3.8) is 0 Å². The Balaban J connectivity index is 3.29. The first-order chi connectivity index (χ1) is 4.91. The predicted molar refractivity (Wildman–Crippen MR) is 44.9 cm³/mol. The van der Waals surface area contributed by atoms with E-state index in [-0.39, 0.29) is 4.34 Å². The zero-order chi connectivity index (χ0) is 8.65. The molecule has 0 aliphatic carbocycles. The Morgan fingerprint density at radius 1 is 1.64 bits per heavy atom. The van der Waals surface area contributed by atoms with Gasteiger partial charge in [-0.3, -0.25) is 0 Å². The lowest BCUT2D eigenvalue weighted by Gasteiger charge is -1.90. The SMILES string of the molecule is Cc1nc(S(=N)(N)=O)sc1C. The zero-order valence-corrected chi connectivity index (χ0v) is 7.88. The van der Waals surface area contributed by atoms with Crippen molar-refractivity contribution in [3.05, 3.63) is 10.6 Å². The third-order valence-corrected chi connectivity index (χ3v) is 3.74. The van der Waals surface area contributed by atoms with E-state index in [0.29, 0.717) is 0 Å². The fourth-order valence-corrected chi connectivity index (χ4v) is 2.35. The maximum absolute atomic E-state index is 10.9. The number of hydrogen-bond acceptors (Lipinski definition) is 4. The maximum atomic E-state index is 10.9. The van der Waals surface area contributed by atoms with E-state index in [1.807, 2.05) is 6.92 Å². The molecule has 0 aliphatic rings. The normalized spacial score (nSPS) is 16.3. The van der Waals surface area contributed by atoms with E-state index in [1.165, 1.54) is 11.3 Å². The van der Waals surface area contributed by atoms with Gasteiger partial charge in [0.05, 0.1) is 5.69 Å². The summed E-state index contributed by atoms with van der Waals surface area (Å²) in [5.41, 5.74) is 0.801. The number of rotatable bonds is 1. The van der Waals surface area contributed by atoms with Gasteiger partial charge in [-0.1, -0.05) is 0 Å². The topological polar surface area (TPSA) is 79.8 Å². The summed E-state index contributed by atoms with van der Waals surface area (Å²) in [6.07, 6.45) is 0. The highest BCUT2D eigenvalue weighted by Gasteiger charge is 2.10. The number of nitrogens with two attached hydrogens (primary N) is 1. The van der Waals surface area contributed by atoms with Crippen LogP contribution >= 0.6 is 11.3 Å². The third-order valence-electron chi connectivity index (χ3n) is 1.27. The standard InChI is InChI=1S/C5H9N3OS2/c1-3-4(2)10-5(8-3)11(6,7)9/h1-2H3,(H3,6,7,9). The van der Waals surface area contributed by atoms with Crippen LogP contribution in [0.15, 0.2) is 4.34 Å². The molecule has 62 valence electrons. The molecule has 0 fully saturated rings. The van der Waals surface area contributed by atoms with Crippen molar-refractivity contribution in [2.45, 2.75) is 18.2 Å². The van der Waals surface area contributed by atoms with E-state index in [0.717, 1.165) is 10.6 Å². The molecular weight excluding hydrogens is 182 g/mol. The average Bonchev–Trinajstić information content (AvgIpc) is 2.11. The molecule has 0 radical (unpaired) electrons. The Labute approximate surface area is 69.6 Å². The van der Waals surface area contributed by atoms with Crippen molar-refractivity contribution in [2.75, 3.05) is 0 Å². The van der Waals surface area contributed by atoms with Crippen LogP contribution in [-0.4, -0.2) is 9.19 Å². The minimum atomic E-state index is -3.10. The lowest BCUT2D eigenvalue weighted by atomic mass is 10.4. The number of nitrogens with one attached hydrogen (secondary N) is 1. The van der Waals surface area contributed by atoms with Crippen LogP contribution in [0.25, 0.3) is 0 Å². The molecule has 0 saturated heterocycles. The molecule has 6 heteroatoms. The zero-order valence-electron chi connectivity index (χ0n) is 6.25. The van der Waals surface area contributed by atoms with Crippen LogP contribution in [0, 0.1) is 18.6 Å². The Morgan fingerprint density at radius 3 is 2.36 bits per heavy atom. The number of hydrogen-bond donors (Lipinski definition) is 2. The van der Waals surface area contributed by atoms with E-state index in [9.17, 15) is 4.21 Å². The smallest absolute Gasteiger partial charge is 0.204 e. The molecular formula is C5H9N3OS2. The summed E-state index contributed by atoms with van der Waals surface area (Å²) >= 11 is 1.22. The summed E-state index contributed by atoms with van der Waals surface area (Å²) in [7, 11) is -3.10. The Bertz CT molecular complexity index is 346. The Morgan fingerprint density at radius 2 is 2.18 bits per heavy atom. The Hall–Kier alpha value is -0.460. The molecule has 0 aliphatic heterocycles. The molecule has 1 unspecified atom stereocenters. The quantitative estimate of drug-likeness (QED) is 0.695. The van der Waals surface area contributed by atoms with E-state index < -0.39 is 9.92 Å². The lowest BCUT2D eigenvalue weighted by molar-refractivity contribution is 0.675. The van der Waals surface area contributed by atoms with Crippen LogP contribution in [0.4, 0.5) is 0 Å². The summed E-state index contributed by atoms with van der Waals surface area (Å²) in [6, 6.07) is 0. The molecule has 0 spiro atoms. The van der Waals surface area contributed by atoms with Crippen molar-refractivity contribution < 1.29 is 4.21 Å². The molecule has 0 aromatic carbocycles. The van der Waals surface area contributed by atoms with Crippen molar-refractivity contribution in [2.24, 2.45) is 5.14 Å². The van der Waals surface area contributed by atoms with Crippen LogP contribution in [0.3, 0.4) is 0 Å². The van der Waals surface area contributed by atoms with Gasteiger partial charge in [0.15, 0.2) is 9.92 Å². The molecule has 0 amide bonds. The second-order valence-corrected chi connectivity index (χ2v) is 5.27. The lowest BCUT2D eigenvalue weighted by Crippen LogP contribution is -2.09. The Kier molecular flexibility index (Phi) is 2.00. The highest BCUT2D eigenvalue weighted by Crippen LogP contribution is 2.19. The van der Waals surface area contributed by atoms with Gasteiger partial charge in [-0.05, 0) is 13.8 Å². The van der Waals surface area contributed by atoms with Crippen LogP contribution in [0.2, 0.25) is 0 Å². The van der Waals surface area contributed by atoms with Crippen LogP contribution < -0.4 is 5.14 Å². The summed E-state index contributed by atoms with van der Waals surface area (Å²) in [5.74, 6) is 0. The predicted octanol–water partition coefficient (Wildman–Crippen LogP) is 1.04. The van der Waals surface area contributed by atoms with Crippen molar-refractivity contribution >= 4 is 21.3 Å². The maximum Gasteiger partial charge on any atom is 0.204 e. The van der Waals surface area contributed by atoms with Crippen LogP contribution in [0.1, 0.15) is 10.6 Å². The summed E-state index contributed by atoms with van der Waals surface area (Å²) in [4.78, 5) is 4.88. The minimum Gasteiger partial charge on any atom is -0.239 e. The molecule has 0 bridgehead atoms. The molecule has 1 heterocycles. The second-order valence-electron chi connectivity index (χ2n) is 2.22. The summed E-state index contributed by atoms with van der Waals surface area (Å²) < 4.78 is 18.2. The van der Waals surface area contributed by atoms with Gasteiger partial charge < -0.3 is 0 Å². The molecule has 4 nitrogen and oxygen atoms in total. The molecule has 1 aromatic heterocycles. The van der Waals surface area contributed by atoms with Gasteiger partial charge in [-0.15, -0.1) is 11.3 Å². The first kappa shape index (κ1) is 8.63. The number of thiazole rings is 1. The van der Waals surface area contributed by atoms with Gasteiger partial charge in [0, 0.05) is 4.88 Å². The summed E-state index contributed by atoms with van der Waals surface area (Å²) in [6.45, 7) is 3.67. The van der Waals surface area contributed by atoms with E-state index in [2.05, 4.69) is 4.98 Å². The molecule has 1 aromatic rings. The van der Waals surface area contributed by atoms with Gasteiger partial charge in [0.2, 0.25) is 4.34 Å². The molecule has 1 rings (SSSR count).